The van der Waals surface area contributed by atoms with E-state index >= 15 is 0 Å². The van der Waals surface area contributed by atoms with Crippen LogP contribution in [-0.2, 0) is 15.4 Å². The number of pyridine rings is 1. The summed E-state index contributed by atoms with van der Waals surface area (Å²) >= 11 is 12.0. The summed E-state index contributed by atoms with van der Waals surface area (Å²) in [6.45, 7) is 0.520. The van der Waals surface area contributed by atoms with Gasteiger partial charge < -0.3 is 9.64 Å². The van der Waals surface area contributed by atoms with Crippen molar-refractivity contribution >= 4 is 39.1 Å². The zero-order chi connectivity index (χ0) is 20.2. The molecule has 0 amide bonds. The van der Waals surface area contributed by atoms with E-state index < -0.39 is 15.4 Å². The first kappa shape index (κ1) is 19.2. The third kappa shape index (κ3) is 3.29. The predicted octanol–water partition coefficient (Wildman–Crippen LogP) is 4.42. The van der Waals surface area contributed by atoms with Crippen LogP contribution in [0.15, 0.2) is 40.9 Å². The minimum atomic E-state index is -3.41. The first-order chi connectivity index (χ1) is 13.9. The minimum Gasteiger partial charge on any atom is -0.456 e. The van der Waals surface area contributed by atoms with Crippen LogP contribution < -0.4 is 4.74 Å². The molecule has 29 heavy (non-hydrogen) atoms. The summed E-state index contributed by atoms with van der Waals surface area (Å²) in [4.78, 5) is 6.85. The number of aromatic nitrogens is 1. The summed E-state index contributed by atoms with van der Waals surface area (Å²) in [6, 6.07) is 9.23. The first-order valence-electron chi connectivity index (χ1n) is 9.56. The fourth-order valence-corrected chi connectivity index (χ4v) is 6.02. The second kappa shape index (κ2) is 6.86. The largest absolute Gasteiger partial charge is 0.456 e. The van der Waals surface area contributed by atoms with Crippen LogP contribution in [0.4, 0.5) is 0 Å². The van der Waals surface area contributed by atoms with Crippen molar-refractivity contribution in [1.82, 2.24) is 9.88 Å². The molecule has 3 aliphatic heterocycles. The van der Waals surface area contributed by atoms with Gasteiger partial charge in [0.2, 0.25) is 0 Å². The second-order valence-electron chi connectivity index (χ2n) is 7.76. The van der Waals surface area contributed by atoms with Crippen LogP contribution in [0.3, 0.4) is 0 Å². The SMILES string of the molecule is O=S1(=O)CCN2C(=N1)C1(c3ccc(Oc4ccc(Cl)c(Cl)c4)cn3)CCC2CC1. The molecule has 3 fully saturated rings. The van der Waals surface area contributed by atoms with E-state index in [1.807, 2.05) is 12.1 Å². The maximum atomic E-state index is 12.2. The Labute approximate surface area is 179 Å². The lowest BCUT2D eigenvalue weighted by Gasteiger charge is -2.54. The number of piperidine rings is 2. The number of sulfonamides is 1. The minimum absolute atomic E-state index is 0.0902. The zero-order valence-electron chi connectivity index (χ0n) is 15.5. The van der Waals surface area contributed by atoms with E-state index in [9.17, 15) is 8.42 Å². The van der Waals surface area contributed by atoms with Gasteiger partial charge in [0.1, 0.15) is 17.3 Å². The molecule has 0 unspecified atom stereocenters. The lowest BCUT2D eigenvalue weighted by Crippen LogP contribution is -2.63. The highest BCUT2D eigenvalue weighted by molar-refractivity contribution is 7.90. The Balaban J connectivity index is 1.47. The molecule has 0 N–H and O–H groups in total. The highest BCUT2D eigenvalue weighted by Gasteiger charge is 2.53. The van der Waals surface area contributed by atoms with E-state index in [1.54, 1.807) is 24.4 Å². The summed E-state index contributed by atoms with van der Waals surface area (Å²) in [6.07, 6.45) is 5.45. The Kier molecular flexibility index (Phi) is 4.53. The molecule has 2 bridgehead atoms. The number of benzene rings is 1. The van der Waals surface area contributed by atoms with Gasteiger partial charge in [0.05, 0.1) is 33.1 Å². The Hall–Kier alpha value is -1.83. The number of rotatable bonds is 3. The van der Waals surface area contributed by atoms with Gasteiger partial charge in [-0.3, -0.25) is 4.98 Å². The lowest BCUT2D eigenvalue weighted by atomic mass is 9.64. The highest BCUT2D eigenvalue weighted by atomic mass is 35.5. The quantitative estimate of drug-likeness (QED) is 0.690. The van der Waals surface area contributed by atoms with Gasteiger partial charge in [-0.2, -0.15) is 0 Å². The van der Waals surface area contributed by atoms with Crippen molar-refractivity contribution in [2.75, 3.05) is 12.3 Å². The van der Waals surface area contributed by atoms with E-state index in [1.165, 1.54) is 0 Å². The maximum Gasteiger partial charge on any atom is 0.256 e. The van der Waals surface area contributed by atoms with E-state index in [4.69, 9.17) is 27.9 Å². The van der Waals surface area contributed by atoms with Gasteiger partial charge in [-0.1, -0.05) is 23.2 Å². The van der Waals surface area contributed by atoms with Crippen LogP contribution >= 0.6 is 23.2 Å². The average molecular weight is 452 g/mol. The van der Waals surface area contributed by atoms with Crippen LogP contribution in [0.1, 0.15) is 31.4 Å². The second-order valence-corrected chi connectivity index (χ2v) is 10.3. The molecule has 9 heteroatoms. The highest BCUT2D eigenvalue weighted by Crippen LogP contribution is 2.48. The van der Waals surface area contributed by atoms with Gasteiger partial charge in [-0.05, 0) is 49.9 Å². The number of hydrogen-bond acceptors (Lipinski definition) is 5. The van der Waals surface area contributed by atoms with Crippen LogP contribution in [0, 0.1) is 0 Å². The number of hydrogen-bond donors (Lipinski definition) is 0. The van der Waals surface area contributed by atoms with Gasteiger partial charge in [0.25, 0.3) is 10.0 Å². The molecule has 0 radical (unpaired) electrons. The molecule has 4 heterocycles. The number of halogens is 2. The fourth-order valence-electron chi connectivity index (χ4n) is 4.67. The van der Waals surface area contributed by atoms with Gasteiger partial charge in [0.15, 0.2) is 0 Å². The van der Waals surface area contributed by atoms with Gasteiger partial charge in [0, 0.05) is 18.7 Å². The summed E-state index contributed by atoms with van der Waals surface area (Å²) in [5.41, 5.74) is 0.405. The number of nitrogens with zero attached hydrogens (tertiary/aromatic N) is 3. The van der Waals surface area contributed by atoms with Crippen molar-refractivity contribution in [3.8, 4) is 11.5 Å². The van der Waals surface area contributed by atoms with Crippen molar-refractivity contribution in [3.05, 3.63) is 52.3 Å². The van der Waals surface area contributed by atoms with Crippen LogP contribution in [0.2, 0.25) is 10.0 Å². The van der Waals surface area contributed by atoms with E-state index in [-0.39, 0.29) is 5.75 Å². The molecule has 1 aromatic heterocycles. The Bertz CT molecular complexity index is 1090. The van der Waals surface area contributed by atoms with E-state index in [0.717, 1.165) is 31.4 Å². The molecule has 1 saturated carbocycles. The van der Waals surface area contributed by atoms with Gasteiger partial charge in [-0.15, -0.1) is 4.40 Å². The van der Waals surface area contributed by atoms with Crippen LogP contribution in [0.5, 0.6) is 11.5 Å². The molecule has 6 nitrogen and oxygen atoms in total. The molecule has 152 valence electrons. The van der Waals surface area contributed by atoms with Crippen molar-refractivity contribution in [1.29, 1.82) is 0 Å². The standard InChI is InChI=1S/C20H19Cl2N3O3S/c21-16-3-1-14(11-17(16)22)28-15-2-4-18(23-12-15)20-7-5-13(6-8-20)25-9-10-29(26,27)24-19(20)25/h1-4,11-13H,5-10H2. The molecular weight excluding hydrogens is 433 g/mol. The molecule has 2 aromatic rings. The molecule has 1 aliphatic carbocycles. The molecule has 6 rings (SSSR count). The Morgan fingerprint density at radius 1 is 1.07 bits per heavy atom. The smallest absolute Gasteiger partial charge is 0.256 e. The van der Waals surface area contributed by atoms with Crippen molar-refractivity contribution < 1.29 is 13.2 Å². The van der Waals surface area contributed by atoms with Gasteiger partial charge >= 0.3 is 0 Å². The summed E-state index contributed by atoms with van der Waals surface area (Å²) in [5, 5.41) is 0.885. The van der Waals surface area contributed by atoms with E-state index in [2.05, 4.69) is 14.3 Å². The number of amidine groups is 1. The molecular formula is C20H19Cl2N3O3S. The zero-order valence-corrected chi connectivity index (χ0v) is 17.8. The molecule has 2 saturated heterocycles. The van der Waals surface area contributed by atoms with Crippen molar-refractivity contribution in [2.45, 2.75) is 37.1 Å². The Morgan fingerprint density at radius 2 is 1.83 bits per heavy atom. The lowest BCUT2D eigenvalue weighted by molar-refractivity contribution is 0.149. The fraction of sp³-hybridized carbons (Fsp3) is 0.400. The monoisotopic (exact) mass is 451 g/mol. The summed E-state index contributed by atoms with van der Waals surface area (Å²) < 4.78 is 34.4. The van der Waals surface area contributed by atoms with Crippen LogP contribution in [-0.4, -0.2) is 42.5 Å². The van der Waals surface area contributed by atoms with Crippen LogP contribution in [0.25, 0.3) is 0 Å². The topological polar surface area (TPSA) is 71.9 Å². The molecule has 0 atom stereocenters. The Morgan fingerprint density at radius 3 is 2.52 bits per heavy atom. The predicted molar refractivity (Wildman–Crippen MR) is 113 cm³/mol. The molecule has 4 aliphatic rings. The van der Waals surface area contributed by atoms with Crippen molar-refractivity contribution in [3.63, 3.8) is 0 Å². The van der Waals surface area contributed by atoms with E-state index in [0.29, 0.717) is 40.0 Å². The normalized spacial score (nSPS) is 27.3. The molecule has 1 aromatic carbocycles. The maximum absolute atomic E-state index is 12.2. The van der Waals surface area contributed by atoms with Gasteiger partial charge in [-0.25, -0.2) is 8.42 Å². The number of ether oxygens (including phenoxy) is 1. The third-order valence-electron chi connectivity index (χ3n) is 6.12. The first-order valence-corrected chi connectivity index (χ1v) is 11.9. The third-order valence-corrected chi connectivity index (χ3v) is 8.01. The average Bonchev–Trinajstić information content (AvgIpc) is 2.71. The number of fused-ring (bicyclic) bond motifs is 2. The summed E-state index contributed by atoms with van der Waals surface area (Å²) in [5.74, 6) is 1.91. The van der Waals surface area contributed by atoms with Crippen molar-refractivity contribution in [2.24, 2.45) is 4.40 Å². The summed E-state index contributed by atoms with van der Waals surface area (Å²) in [7, 11) is -3.41. The molecule has 0 spiro atoms.